The lowest BCUT2D eigenvalue weighted by Gasteiger charge is -2.30. The van der Waals surface area contributed by atoms with Crippen LogP contribution in [0.4, 0.5) is 11.5 Å². The Hall–Kier alpha value is -1.19. The van der Waals surface area contributed by atoms with Crippen molar-refractivity contribution in [1.29, 1.82) is 0 Å². The van der Waals surface area contributed by atoms with Crippen molar-refractivity contribution in [2.45, 2.75) is 52.0 Å². The van der Waals surface area contributed by atoms with Gasteiger partial charge in [-0.1, -0.05) is 26.7 Å². The molecule has 0 spiro atoms. The van der Waals surface area contributed by atoms with Crippen LogP contribution in [0.15, 0.2) is 6.20 Å². The van der Waals surface area contributed by atoms with Crippen molar-refractivity contribution < 1.29 is 0 Å². The molecule has 1 heterocycles. The van der Waals surface area contributed by atoms with Crippen LogP contribution < -0.4 is 10.6 Å². The maximum Gasteiger partial charge on any atom is 0.174 e. The summed E-state index contributed by atoms with van der Waals surface area (Å²) in [5.41, 5.74) is 6.90. The molecule has 0 amide bonds. The number of nitrogens with two attached hydrogens (primary N) is 1. The van der Waals surface area contributed by atoms with Crippen LogP contribution in [0.3, 0.4) is 0 Å². The van der Waals surface area contributed by atoms with E-state index >= 15 is 0 Å². The topological polar surface area (TPSA) is 47.1 Å². The number of hydrogen-bond donors (Lipinski definition) is 1. The van der Waals surface area contributed by atoms with E-state index in [-0.39, 0.29) is 0 Å². The number of anilines is 2. The van der Waals surface area contributed by atoms with Crippen LogP contribution in [0.25, 0.3) is 0 Å². The molecule has 1 aromatic heterocycles. The van der Waals surface area contributed by atoms with Gasteiger partial charge >= 0.3 is 0 Å². The first-order chi connectivity index (χ1) is 8.58. The Morgan fingerprint density at radius 3 is 2.61 bits per heavy atom. The Labute approximate surface area is 110 Å². The highest BCUT2D eigenvalue weighted by atomic mass is 15.4. The molecule has 0 bridgehead atoms. The molecular formula is C14H26N4. The van der Waals surface area contributed by atoms with Crippen molar-refractivity contribution in [3.63, 3.8) is 0 Å². The summed E-state index contributed by atoms with van der Waals surface area (Å²) in [5, 5.41) is 4.55. The van der Waals surface area contributed by atoms with Gasteiger partial charge in [-0.3, -0.25) is 4.68 Å². The fourth-order valence-electron chi connectivity index (χ4n) is 2.79. The Kier molecular flexibility index (Phi) is 4.15. The molecule has 18 heavy (non-hydrogen) atoms. The molecule has 1 aliphatic rings. The van der Waals surface area contributed by atoms with Gasteiger partial charge < -0.3 is 10.6 Å². The molecule has 4 heteroatoms. The molecule has 1 aromatic rings. The molecule has 1 saturated carbocycles. The third-order valence-corrected chi connectivity index (χ3v) is 3.82. The fourth-order valence-corrected chi connectivity index (χ4v) is 2.79. The van der Waals surface area contributed by atoms with Crippen molar-refractivity contribution in [1.82, 2.24) is 9.78 Å². The molecule has 102 valence electrons. The van der Waals surface area contributed by atoms with Crippen LogP contribution in [0.5, 0.6) is 0 Å². The molecule has 0 atom stereocenters. The molecule has 1 aliphatic carbocycles. The van der Waals surface area contributed by atoms with E-state index < -0.39 is 0 Å². The summed E-state index contributed by atoms with van der Waals surface area (Å²) in [6.45, 7) is 5.62. The average molecular weight is 250 g/mol. The van der Waals surface area contributed by atoms with Crippen LogP contribution in [-0.4, -0.2) is 22.4 Å². The molecule has 2 N–H and O–H groups in total. The zero-order valence-corrected chi connectivity index (χ0v) is 11.9. The highest BCUT2D eigenvalue weighted by Gasteiger charge is 2.25. The van der Waals surface area contributed by atoms with Crippen LogP contribution in [0.1, 0.15) is 46.0 Å². The first kappa shape index (κ1) is 13.2. The van der Waals surface area contributed by atoms with E-state index in [1.165, 1.54) is 32.1 Å². The number of rotatable bonds is 5. The summed E-state index contributed by atoms with van der Waals surface area (Å²) in [7, 11) is 1.94. The maximum atomic E-state index is 6.09. The van der Waals surface area contributed by atoms with Gasteiger partial charge in [-0.2, -0.15) is 5.10 Å². The molecule has 0 aliphatic heterocycles. The number of nitrogens with zero attached hydrogens (tertiary/aromatic N) is 3. The zero-order chi connectivity index (χ0) is 13.1. The Morgan fingerprint density at radius 1 is 1.44 bits per heavy atom. The average Bonchev–Trinajstić information content (AvgIpc) is 2.90. The Balaban J connectivity index is 2.15. The van der Waals surface area contributed by atoms with Gasteiger partial charge in [0.25, 0.3) is 0 Å². The van der Waals surface area contributed by atoms with Gasteiger partial charge in [0, 0.05) is 25.8 Å². The van der Waals surface area contributed by atoms with Gasteiger partial charge in [0.2, 0.25) is 0 Å². The summed E-state index contributed by atoms with van der Waals surface area (Å²) < 4.78 is 1.82. The normalized spacial score (nSPS) is 16.7. The summed E-state index contributed by atoms with van der Waals surface area (Å²) >= 11 is 0. The Bertz CT molecular complexity index is 377. The van der Waals surface area contributed by atoms with Crippen LogP contribution >= 0.6 is 0 Å². The second-order valence-corrected chi connectivity index (χ2v) is 5.90. The molecule has 1 fully saturated rings. The summed E-state index contributed by atoms with van der Waals surface area (Å²) in [4.78, 5) is 2.45. The van der Waals surface area contributed by atoms with Crippen LogP contribution in [0.2, 0.25) is 0 Å². The molecule has 0 unspecified atom stereocenters. The van der Waals surface area contributed by atoms with E-state index in [0.717, 1.165) is 24.0 Å². The van der Waals surface area contributed by atoms with Crippen molar-refractivity contribution in [3.05, 3.63) is 6.20 Å². The lowest BCUT2D eigenvalue weighted by Crippen LogP contribution is -2.35. The highest BCUT2D eigenvalue weighted by Crippen LogP contribution is 2.31. The number of nitrogen functional groups attached to an aromatic ring is 1. The fraction of sp³-hybridized carbons (Fsp3) is 0.786. The zero-order valence-electron chi connectivity index (χ0n) is 11.9. The second-order valence-electron chi connectivity index (χ2n) is 5.90. The molecule has 0 radical (unpaired) electrons. The standard InChI is InChI=1S/C14H26N4/c1-11(2)8-9-18(12-6-4-5-7-12)14-13(15)10-17(3)16-14/h10-12H,4-9,15H2,1-3H3. The van der Waals surface area contributed by atoms with Crippen molar-refractivity contribution in [2.75, 3.05) is 17.2 Å². The lowest BCUT2D eigenvalue weighted by atomic mass is 10.1. The van der Waals surface area contributed by atoms with Gasteiger partial charge in [-0.15, -0.1) is 0 Å². The predicted molar refractivity (Wildman–Crippen MR) is 76.7 cm³/mol. The molecule has 4 nitrogen and oxygen atoms in total. The van der Waals surface area contributed by atoms with E-state index in [1.807, 2.05) is 17.9 Å². The SMILES string of the molecule is CC(C)CCN(c1nn(C)cc1N)C1CCCC1. The molecule has 0 aromatic carbocycles. The summed E-state index contributed by atoms with van der Waals surface area (Å²) in [5.74, 6) is 1.71. The minimum Gasteiger partial charge on any atom is -0.394 e. The van der Waals surface area contributed by atoms with E-state index in [2.05, 4.69) is 23.8 Å². The quantitative estimate of drug-likeness (QED) is 0.874. The number of hydrogen-bond acceptors (Lipinski definition) is 3. The summed E-state index contributed by atoms with van der Waals surface area (Å²) in [6.07, 6.45) is 8.37. The second kappa shape index (κ2) is 5.63. The largest absolute Gasteiger partial charge is 0.394 e. The van der Waals surface area contributed by atoms with E-state index in [0.29, 0.717) is 6.04 Å². The van der Waals surface area contributed by atoms with E-state index in [1.54, 1.807) is 0 Å². The Morgan fingerprint density at radius 2 is 2.11 bits per heavy atom. The van der Waals surface area contributed by atoms with Crippen LogP contribution in [0, 0.1) is 5.92 Å². The molecule has 0 saturated heterocycles. The van der Waals surface area contributed by atoms with Gasteiger partial charge in [0.05, 0.1) is 5.69 Å². The van der Waals surface area contributed by atoms with Gasteiger partial charge in [0.1, 0.15) is 0 Å². The van der Waals surface area contributed by atoms with E-state index in [9.17, 15) is 0 Å². The minimum absolute atomic E-state index is 0.640. The lowest BCUT2D eigenvalue weighted by molar-refractivity contribution is 0.523. The van der Waals surface area contributed by atoms with E-state index in [4.69, 9.17) is 5.73 Å². The van der Waals surface area contributed by atoms with Crippen molar-refractivity contribution >= 4 is 11.5 Å². The smallest absolute Gasteiger partial charge is 0.174 e. The summed E-state index contributed by atoms with van der Waals surface area (Å²) in [6, 6.07) is 0.640. The maximum absolute atomic E-state index is 6.09. The first-order valence-corrected chi connectivity index (χ1v) is 7.13. The predicted octanol–water partition coefficient (Wildman–Crippen LogP) is 2.80. The van der Waals surface area contributed by atoms with Gasteiger partial charge in [0.15, 0.2) is 5.82 Å². The number of aromatic nitrogens is 2. The highest BCUT2D eigenvalue weighted by molar-refractivity contribution is 5.62. The van der Waals surface area contributed by atoms with Crippen molar-refractivity contribution in [2.24, 2.45) is 13.0 Å². The van der Waals surface area contributed by atoms with Gasteiger partial charge in [-0.25, -0.2) is 0 Å². The first-order valence-electron chi connectivity index (χ1n) is 7.13. The van der Waals surface area contributed by atoms with Crippen molar-refractivity contribution in [3.8, 4) is 0 Å². The van der Waals surface area contributed by atoms with Gasteiger partial charge in [-0.05, 0) is 25.2 Å². The minimum atomic E-state index is 0.640. The number of aryl methyl sites for hydroxylation is 1. The monoisotopic (exact) mass is 250 g/mol. The van der Waals surface area contributed by atoms with Crippen LogP contribution in [-0.2, 0) is 7.05 Å². The third-order valence-electron chi connectivity index (χ3n) is 3.82. The third kappa shape index (κ3) is 2.98. The molecular weight excluding hydrogens is 224 g/mol. The molecule has 2 rings (SSSR count).